The number of anilines is 1. The highest BCUT2D eigenvalue weighted by molar-refractivity contribution is 6.42. The summed E-state index contributed by atoms with van der Waals surface area (Å²) in [6.07, 6.45) is 4.77. The Kier molecular flexibility index (Phi) is 9.20. The van der Waals surface area contributed by atoms with Gasteiger partial charge in [0.1, 0.15) is 6.61 Å². The molecule has 0 radical (unpaired) electrons. The lowest BCUT2D eigenvalue weighted by molar-refractivity contribution is 0.0945. The monoisotopic (exact) mass is 613 g/mol. The van der Waals surface area contributed by atoms with Gasteiger partial charge in [-0.25, -0.2) is 10.1 Å². The zero-order chi connectivity index (χ0) is 29.6. The fraction of sp³-hybridized carbons (Fsp3) is 0.333. The van der Waals surface area contributed by atoms with Crippen molar-refractivity contribution in [1.82, 2.24) is 35.6 Å². The number of hydrazone groups is 1. The van der Waals surface area contributed by atoms with Gasteiger partial charge in [0.15, 0.2) is 17.2 Å². The zero-order valence-electron chi connectivity index (χ0n) is 23.0. The van der Waals surface area contributed by atoms with Crippen molar-refractivity contribution < 1.29 is 18.9 Å². The summed E-state index contributed by atoms with van der Waals surface area (Å²) in [5, 5.41) is 20.7. The molecular weight excluding hydrogens is 585 g/mol. The van der Waals surface area contributed by atoms with Crippen LogP contribution in [0.4, 0.5) is 5.82 Å². The van der Waals surface area contributed by atoms with Gasteiger partial charge in [0.2, 0.25) is 11.6 Å². The van der Waals surface area contributed by atoms with Crippen molar-refractivity contribution in [2.75, 3.05) is 19.4 Å². The van der Waals surface area contributed by atoms with Gasteiger partial charge in [-0.2, -0.15) is 9.78 Å². The fourth-order valence-electron chi connectivity index (χ4n) is 4.61. The predicted molar refractivity (Wildman–Crippen MR) is 156 cm³/mol. The van der Waals surface area contributed by atoms with E-state index in [1.54, 1.807) is 30.3 Å². The number of benzene rings is 2. The molecule has 0 aliphatic carbocycles. The molecule has 1 amide bonds. The van der Waals surface area contributed by atoms with E-state index < -0.39 is 5.91 Å². The van der Waals surface area contributed by atoms with Gasteiger partial charge in [-0.05, 0) is 78.1 Å². The highest BCUT2D eigenvalue weighted by Gasteiger charge is 2.28. The first-order valence-electron chi connectivity index (χ1n) is 13.2. The molecule has 13 nitrogen and oxygen atoms in total. The SMILES string of the molecule is COc1cc(/C=N/NC(=O)c2nnn(-c3nonc3N)c2CN2CCCC[C@@H]2C)ccc1OCc1ccc(Cl)c(Cl)c1. The lowest BCUT2D eigenvalue weighted by atomic mass is 10.0. The normalized spacial score (nSPS) is 15.7. The summed E-state index contributed by atoms with van der Waals surface area (Å²) in [4.78, 5) is 15.4. The molecule has 0 bridgehead atoms. The van der Waals surface area contributed by atoms with E-state index in [1.165, 1.54) is 18.0 Å². The van der Waals surface area contributed by atoms with Crippen LogP contribution in [0.2, 0.25) is 10.0 Å². The largest absolute Gasteiger partial charge is 0.493 e. The van der Waals surface area contributed by atoms with Crippen LogP contribution < -0.4 is 20.6 Å². The number of hydrogen-bond donors (Lipinski definition) is 2. The number of amides is 1. The maximum Gasteiger partial charge on any atom is 0.293 e. The molecule has 1 saturated heterocycles. The van der Waals surface area contributed by atoms with Crippen molar-refractivity contribution in [2.45, 2.75) is 45.4 Å². The van der Waals surface area contributed by atoms with Crippen LogP contribution in [-0.4, -0.2) is 62.0 Å². The Hall–Kier alpha value is -4.20. The number of ether oxygens (including phenoxy) is 2. The second-order valence-electron chi connectivity index (χ2n) is 9.73. The molecule has 1 aliphatic heterocycles. The zero-order valence-corrected chi connectivity index (χ0v) is 24.5. The van der Waals surface area contributed by atoms with E-state index in [1.807, 2.05) is 6.07 Å². The van der Waals surface area contributed by atoms with Crippen LogP contribution in [0.1, 0.15) is 53.5 Å². The van der Waals surface area contributed by atoms with Crippen molar-refractivity contribution in [2.24, 2.45) is 5.10 Å². The molecule has 1 atom stereocenters. The van der Waals surface area contributed by atoms with E-state index in [0.29, 0.717) is 45.4 Å². The third kappa shape index (κ3) is 6.64. The first-order chi connectivity index (χ1) is 20.3. The number of methoxy groups -OCH3 is 1. The number of carbonyl (C=O) groups is 1. The van der Waals surface area contributed by atoms with Crippen molar-refractivity contribution in [3.63, 3.8) is 0 Å². The molecule has 4 aromatic rings. The second-order valence-corrected chi connectivity index (χ2v) is 10.5. The summed E-state index contributed by atoms with van der Waals surface area (Å²) in [6.45, 7) is 3.72. The quantitative estimate of drug-likeness (QED) is 0.195. The molecule has 5 rings (SSSR count). The number of nitrogens with two attached hydrogens (primary N) is 1. The van der Waals surface area contributed by atoms with E-state index in [4.69, 9.17) is 43.0 Å². The average Bonchev–Trinajstić information content (AvgIpc) is 3.60. The van der Waals surface area contributed by atoms with E-state index in [2.05, 4.69) is 43.0 Å². The van der Waals surface area contributed by atoms with Crippen LogP contribution in [0.5, 0.6) is 11.5 Å². The van der Waals surface area contributed by atoms with Crippen LogP contribution in [0.15, 0.2) is 46.1 Å². The van der Waals surface area contributed by atoms with Crippen molar-refractivity contribution in [1.29, 1.82) is 0 Å². The summed E-state index contributed by atoms with van der Waals surface area (Å²) in [6, 6.07) is 10.9. The minimum atomic E-state index is -0.541. The molecule has 0 saturated carbocycles. The molecule has 220 valence electrons. The number of likely N-dealkylation sites (tertiary alicyclic amines) is 1. The van der Waals surface area contributed by atoms with Gasteiger partial charge in [-0.1, -0.05) is 40.9 Å². The summed E-state index contributed by atoms with van der Waals surface area (Å²) in [7, 11) is 1.54. The Balaban J connectivity index is 1.29. The molecule has 2 aromatic heterocycles. The standard InChI is InChI=1S/C27H29Cl2N9O4/c1-16-5-3-4-10-37(16)14-21-24(32-36-38(21)26-25(30)34-42-35-26)27(39)33-31-13-17-7-9-22(23(12-17)40-2)41-15-18-6-8-19(28)20(29)11-18/h6-9,11-13,16H,3-5,10,14-15H2,1-2H3,(H2,30,34)(H,33,39)/b31-13+/t16-/m0/s1. The Bertz CT molecular complexity index is 1590. The minimum absolute atomic E-state index is 0.0381. The number of nitrogens with zero attached hydrogens (tertiary/aromatic N) is 7. The number of rotatable bonds is 10. The van der Waals surface area contributed by atoms with Gasteiger partial charge < -0.3 is 15.2 Å². The third-order valence-corrected chi connectivity index (χ3v) is 7.65. The topological polar surface area (TPSA) is 159 Å². The number of carbonyl (C=O) groups excluding carboxylic acids is 1. The third-order valence-electron chi connectivity index (χ3n) is 6.91. The maximum absolute atomic E-state index is 13.2. The van der Waals surface area contributed by atoms with Crippen molar-refractivity contribution in [3.8, 4) is 17.3 Å². The van der Waals surface area contributed by atoms with Gasteiger partial charge in [0, 0.05) is 12.6 Å². The predicted octanol–water partition coefficient (Wildman–Crippen LogP) is 4.27. The maximum atomic E-state index is 13.2. The fourth-order valence-corrected chi connectivity index (χ4v) is 4.93. The molecule has 2 aromatic carbocycles. The molecule has 0 unspecified atom stereocenters. The molecule has 1 aliphatic rings. The van der Waals surface area contributed by atoms with Gasteiger partial charge >= 0.3 is 0 Å². The summed E-state index contributed by atoms with van der Waals surface area (Å²) in [5.74, 6) is 0.680. The van der Waals surface area contributed by atoms with E-state index in [-0.39, 0.29) is 23.9 Å². The second kappa shape index (κ2) is 13.2. The number of hydrogen-bond acceptors (Lipinski definition) is 11. The summed E-state index contributed by atoms with van der Waals surface area (Å²) in [5.41, 5.74) is 10.6. The first kappa shape index (κ1) is 29.3. The minimum Gasteiger partial charge on any atom is -0.493 e. The van der Waals surface area contributed by atoms with Gasteiger partial charge in [-0.15, -0.1) is 5.10 Å². The lowest BCUT2D eigenvalue weighted by Crippen LogP contribution is -2.38. The average molecular weight is 614 g/mol. The highest BCUT2D eigenvalue weighted by atomic mass is 35.5. The van der Waals surface area contributed by atoms with Crippen molar-refractivity contribution in [3.05, 3.63) is 69.0 Å². The number of nitrogen functional groups attached to an aromatic ring is 1. The highest BCUT2D eigenvalue weighted by Crippen LogP contribution is 2.29. The van der Waals surface area contributed by atoms with Gasteiger partial charge in [0.25, 0.3) is 5.91 Å². The molecule has 42 heavy (non-hydrogen) atoms. The summed E-state index contributed by atoms with van der Waals surface area (Å²) >= 11 is 12.1. The van der Waals surface area contributed by atoms with E-state index >= 15 is 0 Å². The van der Waals surface area contributed by atoms with Gasteiger partial charge in [0.05, 0.1) is 29.1 Å². The first-order valence-corrected chi connectivity index (χ1v) is 13.9. The van der Waals surface area contributed by atoms with Crippen LogP contribution in [0.3, 0.4) is 0 Å². The van der Waals surface area contributed by atoms with E-state index in [0.717, 1.165) is 31.4 Å². The molecular formula is C27H29Cl2N9O4. The smallest absolute Gasteiger partial charge is 0.293 e. The van der Waals surface area contributed by atoms with Crippen LogP contribution in [0, 0.1) is 0 Å². The van der Waals surface area contributed by atoms with Gasteiger partial charge in [-0.3, -0.25) is 9.69 Å². The Morgan fingerprint density at radius 1 is 1.19 bits per heavy atom. The number of piperidine rings is 1. The van der Waals surface area contributed by atoms with Crippen LogP contribution in [0.25, 0.3) is 5.82 Å². The Labute approximate surface area is 251 Å². The van der Waals surface area contributed by atoms with Crippen LogP contribution >= 0.6 is 23.2 Å². The van der Waals surface area contributed by atoms with Crippen molar-refractivity contribution >= 4 is 41.1 Å². The molecule has 15 heteroatoms. The molecule has 1 fully saturated rings. The number of nitrogens with one attached hydrogen (secondary N) is 1. The van der Waals surface area contributed by atoms with Crippen LogP contribution in [-0.2, 0) is 13.2 Å². The molecule has 3 N–H and O–H groups in total. The Morgan fingerprint density at radius 3 is 2.79 bits per heavy atom. The Morgan fingerprint density at radius 2 is 2.05 bits per heavy atom. The molecule has 0 spiro atoms. The van der Waals surface area contributed by atoms with E-state index in [9.17, 15) is 4.79 Å². The summed E-state index contributed by atoms with van der Waals surface area (Å²) < 4.78 is 17.5. The number of aromatic nitrogens is 5. The molecule has 3 heterocycles. The lowest BCUT2D eigenvalue weighted by Gasteiger charge is -2.33. The number of halogens is 2.